The molecule has 2 heterocycles. The van der Waals surface area contributed by atoms with E-state index in [0.29, 0.717) is 30.4 Å². The second-order valence-electron chi connectivity index (χ2n) is 5.64. The Labute approximate surface area is 144 Å². The van der Waals surface area contributed by atoms with E-state index in [0.717, 1.165) is 37.7 Å². The number of esters is 1. The Morgan fingerprint density at radius 1 is 1.25 bits per heavy atom. The maximum Gasteiger partial charge on any atom is 0.341 e. The zero-order valence-corrected chi connectivity index (χ0v) is 14.5. The molecule has 1 aromatic rings. The summed E-state index contributed by atoms with van der Waals surface area (Å²) in [5, 5.41) is 3.34. The Morgan fingerprint density at radius 2 is 2.08 bits per heavy atom. The number of nitrogens with one attached hydrogen (secondary N) is 1. The van der Waals surface area contributed by atoms with Crippen molar-refractivity contribution in [2.45, 2.75) is 39.0 Å². The summed E-state index contributed by atoms with van der Waals surface area (Å²) in [5.74, 6) is -0.654. The summed E-state index contributed by atoms with van der Waals surface area (Å²) in [7, 11) is 0. The fourth-order valence-electron chi connectivity index (χ4n) is 2.90. The SMILES string of the molecule is CCOC(=O)c1c(NC(=O)C2=COCCO2)sc2c1CCCCC2. The average molecular weight is 351 g/mol. The van der Waals surface area contributed by atoms with E-state index in [1.165, 1.54) is 22.5 Å². The van der Waals surface area contributed by atoms with Gasteiger partial charge in [0.2, 0.25) is 5.76 Å². The van der Waals surface area contributed by atoms with Crippen LogP contribution in [0.4, 0.5) is 5.00 Å². The third kappa shape index (κ3) is 3.56. The highest BCUT2D eigenvalue weighted by Gasteiger charge is 2.27. The van der Waals surface area contributed by atoms with Crippen molar-refractivity contribution in [1.29, 1.82) is 0 Å². The van der Waals surface area contributed by atoms with Crippen molar-refractivity contribution in [3.63, 3.8) is 0 Å². The number of hydrogen-bond acceptors (Lipinski definition) is 6. The molecule has 0 bridgehead atoms. The average Bonchev–Trinajstić information content (AvgIpc) is 2.76. The summed E-state index contributed by atoms with van der Waals surface area (Å²) in [5.41, 5.74) is 1.53. The van der Waals surface area contributed by atoms with Crippen molar-refractivity contribution in [1.82, 2.24) is 0 Å². The number of aryl methyl sites for hydroxylation is 1. The van der Waals surface area contributed by atoms with E-state index in [-0.39, 0.29) is 11.7 Å². The molecule has 1 aliphatic heterocycles. The molecule has 1 aliphatic carbocycles. The summed E-state index contributed by atoms with van der Waals surface area (Å²) in [6.07, 6.45) is 6.39. The Kier molecular flexibility index (Phi) is 5.40. The van der Waals surface area contributed by atoms with Crippen LogP contribution in [-0.2, 0) is 31.8 Å². The zero-order chi connectivity index (χ0) is 16.9. The standard InChI is InChI=1S/C17H21NO5S/c1-2-22-17(20)14-11-6-4-3-5-7-13(11)24-16(14)18-15(19)12-10-21-8-9-23-12/h10H,2-9H2,1H3,(H,18,19). The Balaban J connectivity index is 1.89. The molecule has 1 amide bonds. The normalized spacial score (nSPS) is 16.8. The van der Waals surface area contributed by atoms with E-state index < -0.39 is 5.91 Å². The van der Waals surface area contributed by atoms with Gasteiger partial charge >= 0.3 is 5.97 Å². The summed E-state index contributed by atoms with van der Waals surface area (Å²) < 4.78 is 15.6. The first-order valence-electron chi connectivity index (χ1n) is 8.28. The van der Waals surface area contributed by atoms with Crippen LogP contribution >= 0.6 is 11.3 Å². The molecular weight excluding hydrogens is 330 g/mol. The lowest BCUT2D eigenvalue weighted by molar-refractivity contribution is -0.117. The van der Waals surface area contributed by atoms with Crippen molar-refractivity contribution in [3.8, 4) is 0 Å². The van der Waals surface area contributed by atoms with Crippen LogP contribution in [0.1, 0.15) is 47.0 Å². The molecule has 0 atom stereocenters. The van der Waals surface area contributed by atoms with Crippen molar-refractivity contribution in [3.05, 3.63) is 28.0 Å². The summed E-state index contributed by atoms with van der Waals surface area (Å²) in [4.78, 5) is 25.9. The topological polar surface area (TPSA) is 73.9 Å². The highest BCUT2D eigenvalue weighted by atomic mass is 32.1. The van der Waals surface area contributed by atoms with E-state index in [9.17, 15) is 9.59 Å². The van der Waals surface area contributed by atoms with Gasteiger partial charge in [-0.1, -0.05) is 6.42 Å². The number of carbonyl (C=O) groups is 2. The first-order chi connectivity index (χ1) is 11.7. The van der Waals surface area contributed by atoms with Crippen LogP contribution in [-0.4, -0.2) is 31.7 Å². The van der Waals surface area contributed by atoms with E-state index in [2.05, 4.69) is 5.32 Å². The van der Waals surface area contributed by atoms with Crippen LogP contribution in [0.5, 0.6) is 0 Å². The van der Waals surface area contributed by atoms with Gasteiger partial charge in [-0.05, 0) is 38.2 Å². The molecule has 24 heavy (non-hydrogen) atoms. The largest absolute Gasteiger partial charge is 0.494 e. The van der Waals surface area contributed by atoms with E-state index in [1.807, 2.05) is 0 Å². The third-order valence-electron chi connectivity index (χ3n) is 4.00. The second-order valence-corrected chi connectivity index (χ2v) is 6.75. The fourth-order valence-corrected chi connectivity index (χ4v) is 4.17. The minimum Gasteiger partial charge on any atom is -0.494 e. The molecule has 0 unspecified atom stereocenters. The molecule has 0 spiro atoms. The van der Waals surface area contributed by atoms with Gasteiger partial charge in [-0.2, -0.15) is 0 Å². The van der Waals surface area contributed by atoms with Gasteiger partial charge in [-0.3, -0.25) is 4.79 Å². The van der Waals surface area contributed by atoms with Crippen molar-refractivity contribution < 1.29 is 23.8 Å². The van der Waals surface area contributed by atoms with Gasteiger partial charge in [-0.25, -0.2) is 4.79 Å². The molecule has 6 nitrogen and oxygen atoms in total. The summed E-state index contributed by atoms with van der Waals surface area (Å²) in [6.45, 7) is 2.85. The van der Waals surface area contributed by atoms with Gasteiger partial charge in [0, 0.05) is 4.88 Å². The first kappa shape index (κ1) is 16.8. The number of anilines is 1. The van der Waals surface area contributed by atoms with Crippen LogP contribution < -0.4 is 5.32 Å². The van der Waals surface area contributed by atoms with Gasteiger partial charge < -0.3 is 19.5 Å². The van der Waals surface area contributed by atoms with Crippen molar-refractivity contribution in [2.75, 3.05) is 25.1 Å². The van der Waals surface area contributed by atoms with Crippen LogP contribution in [0.2, 0.25) is 0 Å². The molecule has 1 aromatic heterocycles. The summed E-state index contributed by atoms with van der Waals surface area (Å²) in [6, 6.07) is 0. The van der Waals surface area contributed by atoms with Crippen LogP contribution in [0.25, 0.3) is 0 Å². The fraction of sp³-hybridized carbons (Fsp3) is 0.529. The van der Waals surface area contributed by atoms with E-state index >= 15 is 0 Å². The number of ether oxygens (including phenoxy) is 3. The minimum absolute atomic E-state index is 0.125. The number of rotatable bonds is 4. The highest BCUT2D eigenvalue weighted by molar-refractivity contribution is 7.17. The molecule has 0 fully saturated rings. The number of hydrogen-bond donors (Lipinski definition) is 1. The molecule has 0 radical (unpaired) electrons. The van der Waals surface area contributed by atoms with E-state index in [1.54, 1.807) is 6.92 Å². The molecular formula is C17H21NO5S. The second kappa shape index (κ2) is 7.70. The zero-order valence-electron chi connectivity index (χ0n) is 13.7. The molecule has 0 saturated carbocycles. The lowest BCUT2D eigenvalue weighted by Gasteiger charge is -2.15. The lowest BCUT2D eigenvalue weighted by Crippen LogP contribution is -2.22. The Bertz CT molecular complexity index is 664. The number of thiophene rings is 1. The van der Waals surface area contributed by atoms with Gasteiger partial charge in [0.25, 0.3) is 5.91 Å². The number of fused-ring (bicyclic) bond motifs is 1. The predicted molar refractivity (Wildman–Crippen MR) is 90.2 cm³/mol. The predicted octanol–water partition coefficient (Wildman–Crippen LogP) is 3.02. The van der Waals surface area contributed by atoms with Crippen LogP contribution in [0.15, 0.2) is 12.0 Å². The quantitative estimate of drug-likeness (QED) is 0.667. The lowest BCUT2D eigenvalue weighted by atomic mass is 10.1. The first-order valence-corrected chi connectivity index (χ1v) is 9.10. The number of carbonyl (C=O) groups excluding carboxylic acids is 2. The van der Waals surface area contributed by atoms with Crippen LogP contribution in [0.3, 0.4) is 0 Å². The molecule has 1 N–H and O–H groups in total. The van der Waals surface area contributed by atoms with Crippen molar-refractivity contribution >= 4 is 28.2 Å². The van der Waals surface area contributed by atoms with Gasteiger partial charge in [0.1, 0.15) is 24.5 Å². The van der Waals surface area contributed by atoms with Crippen LogP contribution in [0, 0.1) is 0 Å². The summed E-state index contributed by atoms with van der Waals surface area (Å²) >= 11 is 1.47. The monoisotopic (exact) mass is 351 g/mol. The molecule has 0 saturated heterocycles. The third-order valence-corrected chi connectivity index (χ3v) is 5.21. The maximum atomic E-state index is 12.4. The van der Waals surface area contributed by atoms with E-state index in [4.69, 9.17) is 14.2 Å². The molecule has 7 heteroatoms. The Hall–Kier alpha value is -2.02. The highest BCUT2D eigenvalue weighted by Crippen LogP contribution is 2.38. The van der Waals surface area contributed by atoms with Gasteiger partial charge in [-0.15, -0.1) is 11.3 Å². The minimum atomic E-state index is -0.406. The number of amides is 1. The molecule has 2 aliphatic rings. The Morgan fingerprint density at radius 3 is 2.83 bits per heavy atom. The van der Waals surface area contributed by atoms with Crippen molar-refractivity contribution in [2.24, 2.45) is 0 Å². The molecule has 130 valence electrons. The molecule has 3 rings (SSSR count). The molecule has 0 aromatic carbocycles. The van der Waals surface area contributed by atoms with Gasteiger partial charge in [0.05, 0.1) is 12.2 Å². The maximum absolute atomic E-state index is 12.4. The van der Waals surface area contributed by atoms with Gasteiger partial charge in [0.15, 0.2) is 0 Å². The smallest absolute Gasteiger partial charge is 0.341 e.